The maximum atomic E-state index is 11.2. The lowest BCUT2D eigenvalue weighted by Gasteiger charge is -2.28. The lowest BCUT2D eigenvalue weighted by atomic mass is 10.3. The number of amides is 1. The SMILES string of the molecule is C=CC(=O)Nc1ccc(N2CCOCC2)nc1C. The van der Waals surface area contributed by atoms with Crippen molar-refractivity contribution < 1.29 is 9.53 Å². The Bertz CT molecular complexity index is 454. The van der Waals surface area contributed by atoms with Gasteiger partial charge in [-0.1, -0.05) is 6.58 Å². The Kier molecular flexibility index (Phi) is 3.94. The van der Waals surface area contributed by atoms with Crippen LogP contribution in [0.25, 0.3) is 0 Å². The zero-order valence-corrected chi connectivity index (χ0v) is 10.5. The molecule has 1 fully saturated rings. The van der Waals surface area contributed by atoms with Crippen molar-refractivity contribution in [3.8, 4) is 0 Å². The zero-order valence-electron chi connectivity index (χ0n) is 10.5. The Morgan fingerprint density at radius 2 is 2.22 bits per heavy atom. The standard InChI is InChI=1S/C13H17N3O2/c1-3-13(17)15-11-4-5-12(14-10(11)2)16-6-8-18-9-7-16/h3-5H,1,6-9H2,2H3,(H,15,17). The number of rotatable bonds is 3. The van der Waals surface area contributed by atoms with Gasteiger partial charge in [0.1, 0.15) is 5.82 Å². The van der Waals surface area contributed by atoms with Gasteiger partial charge in [-0.3, -0.25) is 4.79 Å². The summed E-state index contributed by atoms with van der Waals surface area (Å²) in [6.45, 7) is 8.47. The minimum Gasteiger partial charge on any atom is -0.378 e. The molecular weight excluding hydrogens is 230 g/mol. The van der Waals surface area contributed by atoms with Crippen molar-refractivity contribution in [3.05, 3.63) is 30.5 Å². The molecule has 0 aliphatic carbocycles. The number of ether oxygens (including phenoxy) is 1. The van der Waals surface area contributed by atoms with Gasteiger partial charge >= 0.3 is 0 Å². The summed E-state index contributed by atoms with van der Waals surface area (Å²) in [5, 5.41) is 2.73. The molecule has 0 saturated carbocycles. The zero-order chi connectivity index (χ0) is 13.0. The molecule has 96 valence electrons. The summed E-state index contributed by atoms with van der Waals surface area (Å²) in [5.41, 5.74) is 1.52. The van der Waals surface area contributed by atoms with Gasteiger partial charge in [-0.05, 0) is 25.1 Å². The number of anilines is 2. The highest BCUT2D eigenvalue weighted by Gasteiger charge is 2.13. The first-order valence-electron chi connectivity index (χ1n) is 5.94. The molecule has 5 nitrogen and oxygen atoms in total. The number of carbonyl (C=O) groups is 1. The number of pyridine rings is 1. The van der Waals surface area contributed by atoms with Crippen LogP contribution < -0.4 is 10.2 Å². The molecule has 0 atom stereocenters. The Hall–Kier alpha value is -1.88. The van der Waals surface area contributed by atoms with Gasteiger partial charge in [-0.2, -0.15) is 0 Å². The molecule has 0 bridgehead atoms. The summed E-state index contributed by atoms with van der Waals surface area (Å²) in [4.78, 5) is 17.9. The molecule has 0 spiro atoms. The van der Waals surface area contributed by atoms with Gasteiger partial charge in [0, 0.05) is 13.1 Å². The fourth-order valence-corrected chi connectivity index (χ4v) is 1.83. The number of morpholine rings is 1. The van der Waals surface area contributed by atoms with E-state index in [9.17, 15) is 4.79 Å². The van der Waals surface area contributed by atoms with Crippen LogP contribution in [-0.2, 0) is 9.53 Å². The van der Waals surface area contributed by atoms with Crippen LogP contribution in [0.2, 0.25) is 0 Å². The molecule has 1 aromatic heterocycles. The molecule has 0 radical (unpaired) electrons. The number of nitrogens with zero attached hydrogens (tertiary/aromatic N) is 2. The van der Waals surface area contributed by atoms with Crippen LogP contribution in [0, 0.1) is 6.92 Å². The van der Waals surface area contributed by atoms with Crippen molar-refractivity contribution in [3.63, 3.8) is 0 Å². The van der Waals surface area contributed by atoms with Crippen LogP contribution in [0.15, 0.2) is 24.8 Å². The van der Waals surface area contributed by atoms with Gasteiger partial charge in [0.15, 0.2) is 0 Å². The van der Waals surface area contributed by atoms with Gasteiger partial charge in [-0.15, -0.1) is 0 Å². The van der Waals surface area contributed by atoms with Crippen LogP contribution in [0.5, 0.6) is 0 Å². The number of hydrogen-bond acceptors (Lipinski definition) is 4. The van der Waals surface area contributed by atoms with Crippen LogP contribution in [0.4, 0.5) is 11.5 Å². The minimum absolute atomic E-state index is 0.223. The smallest absolute Gasteiger partial charge is 0.247 e. The van der Waals surface area contributed by atoms with Crippen molar-refractivity contribution in [2.75, 3.05) is 36.5 Å². The molecule has 2 heterocycles. The third-order valence-corrected chi connectivity index (χ3v) is 2.85. The molecule has 0 aromatic carbocycles. The first kappa shape index (κ1) is 12.6. The third kappa shape index (κ3) is 2.87. The van der Waals surface area contributed by atoms with Crippen molar-refractivity contribution in [2.45, 2.75) is 6.92 Å². The van der Waals surface area contributed by atoms with Crippen molar-refractivity contribution >= 4 is 17.4 Å². The van der Waals surface area contributed by atoms with Crippen molar-refractivity contribution in [1.82, 2.24) is 4.98 Å². The summed E-state index contributed by atoms with van der Waals surface area (Å²) in [6.07, 6.45) is 1.25. The van der Waals surface area contributed by atoms with E-state index in [-0.39, 0.29) is 5.91 Å². The summed E-state index contributed by atoms with van der Waals surface area (Å²) in [6, 6.07) is 3.78. The Morgan fingerprint density at radius 3 is 2.83 bits per heavy atom. The molecule has 1 N–H and O–H groups in total. The maximum Gasteiger partial charge on any atom is 0.247 e. The lowest BCUT2D eigenvalue weighted by molar-refractivity contribution is -0.111. The number of hydrogen-bond donors (Lipinski definition) is 1. The van der Waals surface area contributed by atoms with Crippen LogP contribution in [0.3, 0.4) is 0 Å². The van der Waals surface area contributed by atoms with Crippen LogP contribution >= 0.6 is 0 Å². The summed E-state index contributed by atoms with van der Waals surface area (Å²) in [5.74, 6) is 0.700. The monoisotopic (exact) mass is 247 g/mol. The van der Waals surface area contributed by atoms with Gasteiger partial charge in [0.05, 0.1) is 24.6 Å². The molecular formula is C13H17N3O2. The van der Waals surface area contributed by atoms with E-state index in [4.69, 9.17) is 4.74 Å². The normalized spacial score (nSPS) is 15.3. The van der Waals surface area contributed by atoms with Crippen molar-refractivity contribution in [1.29, 1.82) is 0 Å². The van der Waals surface area contributed by atoms with Gasteiger partial charge in [0.2, 0.25) is 5.91 Å². The highest BCUT2D eigenvalue weighted by molar-refractivity contribution is 5.99. The molecule has 1 aliphatic rings. The van der Waals surface area contributed by atoms with E-state index in [1.165, 1.54) is 6.08 Å². The lowest BCUT2D eigenvalue weighted by Crippen LogP contribution is -2.36. The second-order valence-corrected chi connectivity index (χ2v) is 4.10. The molecule has 2 rings (SSSR count). The maximum absolute atomic E-state index is 11.2. The Labute approximate surface area is 106 Å². The van der Waals surface area contributed by atoms with Gasteiger partial charge < -0.3 is 15.0 Å². The number of aromatic nitrogens is 1. The highest BCUT2D eigenvalue weighted by atomic mass is 16.5. The topological polar surface area (TPSA) is 54.5 Å². The number of aryl methyl sites for hydroxylation is 1. The largest absolute Gasteiger partial charge is 0.378 e. The van der Waals surface area contributed by atoms with Gasteiger partial charge in [0.25, 0.3) is 0 Å². The Morgan fingerprint density at radius 1 is 1.50 bits per heavy atom. The third-order valence-electron chi connectivity index (χ3n) is 2.85. The summed E-state index contributed by atoms with van der Waals surface area (Å²) < 4.78 is 5.30. The molecule has 0 unspecified atom stereocenters. The fraction of sp³-hybridized carbons (Fsp3) is 0.385. The molecule has 5 heteroatoms. The first-order chi connectivity index (χ1) is 8.70. The summed E-state index contributed by atoms with van der Waals surface area (Å²) in [7, 11) is 0. The molecule has 1 saturated heterocycles. The van der Waals surface area contributed by atoms with Crippen LogP contribution in [0.1, 0.15) is 5.69 Å². The van der Waals surface area contributed by atoms with E-state index in [1.54, 1.807) is 0 Å². The van der Waals surface area contributed by atoms with E-state index in [1.807, 2.05) is 19.1 Å². The number of carbonyl (C=O) groups excluding carboxylic acids is 1. The second-order valence-electron chi connectivity index (χ2n) is 4.10. The van der Waals surface area contributed by atoms with E-state index < -0.39 is 0 Å². The molecule has 1 aliphatic heterocycles. The van der Waals surface area contributed by atoms with Gasteiger partial charge in [-0.25, -0.2) is 4.98 Å². The van der Waals surface area contributed by atoms with Crippen molar-refractivity contribution in [2.24, 2.45) is 0 Å². The van der Waals surface area contributed by atoms with E-state index >= 15 is 0 Å². The molecule has 1 aromatic rings. The average Bonchev–Trinajstić information content (AvgIpc) is 2.42. The quantitative estimate of drug-likeness (QED) is 0.819. The van der Waals surface area contributed by atoms with Crippen LogP contribution in [-0.4, -0.2) is 37.2 Å². The second kappa shape index (κ2) is 5.64. The Balaban J connectivity index is 2.13. The minimum atomic E-state index is -0.223. The predicted molar refractivity (Wildman–Crippen MR) is 70.8 cm³/mol. The van der Waals surface area contributed by atoms with E-state index in [0.29, 0.717) is 0 Å². The fourth-order valence-electron chi connectivity index (χ4n) is 1.83. The summed E-state index contributed by atoms with van der Waals surface area (Å²) >= 11 is 0. The first-order valence-corrected chi connectivity index (χ1v) is 5.94. The average molecular weight is 247 g/mol. The highest BCUT2D eigenvalue weighted by Crippen LogP contribution is 2.19. The number of nitrogens with one attached hydrogen (secondary N) is 1. The molecule has 1 amide bonds. The van der Waals surface area contributed by atoms with E-state index in [2.05, 4.69) is 21.8 Å². The molecule has 18 heavy (non-hydrogen) atoms. The van der Waals surface area contributed by atoms with E-state index in [0.717, 1.165) is 43.5 Å². The predicted octanol–water partition coefficient (Wildman–Crippen LogP) is 1.35.